The van der Waals surface area contributed by atoms with Crippen LogP contribution in [0.1, 0.15) is 23.3 Å². The summed E-state index contributed by atoms with van der Waals surface area (Å²) in [5.74, 6) is -30.4. The number of hydrogen-bond donors (Lipinski definition) is 2. The molecule has 2 aromatic rings. The SMILES string of the molecule is CP(O)OC(c1ccccc1)C(F)(F)C(F)(F)OC(F)(F)F.CP(O)OC(c1ccccc1)C(F)(F)C1(F)OC(F)(F)C(F)(F)C1(F)F. The summed E-state index contributed by atoms with van der Waals surface area (Å²) >= 11 is 0. The summed E-state index contributed by atoms with van der Waals surface area (Å²) in [5, 5.41) is 0. The van der Waals surface area contributed by atoms with Gasteiger partial charge in [-0.3, -0.25) is 4.74 Å². The van der Waals surface area contributed by atoms with E-state index in [1.165, 1.54) is 24.3 Å². The van der Waals surface area contributed by atoms with Crippen LogP contribution in [0.15, 0.2) is 60.7 Å². The Labute approximate surface area is 261 Å². The summed E-state index contributed by atoms with van der Waals surface area (Å²) in [6, 6.07) is 10.7. The van der Waals surface area contributed by atoms with Crippen molar-refractivity contribution in [3.63, 3.8) is 0 Å². The quantitative estimate of drug-likeness (QED) is 0.175. The van der Waals surface area contributed by atoms with Crippen molar-refractivity contribution in [3.8, 4) is 0 Å². The Kier molecular flexibility index (Phi) is 12.5. The van der Waals surface area contributed by atoms with Crippen molar-refractivity contribution >= 4 is 16.8 Å². The average molecular weight is 770 g/mol. The lowest BCUT2D eigenvalue weighted by Gasteiger charge is -2.37. The molecule has 0 saturated carbocycles. The van der Waals surface area contributed by atoms with Crippen molar-refractivity contribution in [3.05, 3.63) is 71.8 Å². The monoisotopic (exact) mass is 770 g/mol. The highest BCUT2D eigenvalue weighted by Gasteiger charge is 2.95. The van der Waals surface area contributed by atoms with Gasteiger partial charge < -0.3 is 18.8 Å². The molecule has 24 heteroatoms. The fraction of sp³-hybridized carbons (Fsp3) is 0.500. The Bertz CT molecular complexity index is 1330. The molecule has 274 valence electrons. The molecular weight excluding hydrogens is 750 g/mol. The molecule has 1 heterocycles. The molecule has 2 aromatic carbocycles. The lowest BCUT2D eigenvalue weighted by Crippen LogP contribution is -2.62. The first-order chi connectivity index (χ1) is 21.5. The van der Waals surface area contributed by atoms with Gasteiger partial charge in [0.1, 0.15) is 0 Å². The fourth-order valence-electron chi connectivity index (χ4n) is 3.73. The standard InChI is InChI=1S/C13H10F9O3P.C11H10F7O3P/c1-26(23)24-8(7-5-3-2-4-6-7)9(14,15)12(20)10(16,17)11(18,19)13(21,22)25-12;1-22(19)20-8(7-5-3-2-4-6-7)9(12,13)10(14,15)21-11(16,17)18/h2-6,8,23H,1H3;2-6,8,19H,1H3. The van der Waals surface area contributed by atoms with Gasteiger partial charge >= 0.3 is 48.1 Å². The lowest BCUT2D eigenvalue weighted by atomic mass is 9.92. The lowest BCUT2D eigenvalue weighted by molar-refractivity contribution is -0.473. The largest absolute Gasteiger partial charge is 0.527 e. The number of rotatable bonds is 11. The van der Waals surface area contributed by atoms with Gasteiger partial charge in [0.2, 0.25) is 0 Å². The van der Waals surface area contributed by atoms with Crippen molar-refractivity contribution in [2.75, 3.05) is 13.3 Å². The van der Waals surface area contributed by atoms with Crippen molar-refractivity contribution in [1.29, 1.82) is 0 Å². The van der Waals surface area contributed by atoms with Gasteiger partial charge in [-0.1, -0.05) is 60.7 Å². The van der Waals surface area contributed by atoms with Crippen LogP contribution >= 0.6 is 16.8 Å². The molecule has 48 heavy (non-hydrogen) atoms. The Morgan fingerprint density at radius 3 is 1.33 bits per heavy atom. The van der Waals surface area contributed by atoms with E-state index in [1.54, 1.807) is 0 Å². The summed E-state index contributed by atoms with van der Waals surface area (Å²) in [6.45, 7) is 1.70. The summed E-state index contributed by atoms with van der Waals surface area (Å²) in [7, 11) is -5.32. The molecule has 1 aliphatic heterocycles. The summed E-state index contributed by atoms with van der Waals surface area (Å²) in [6.07, 6.45) is -24.0. The molecule has 0 aliphatic carbocycles. The molecule has 0 radical (unpaired) electrons. The maximum absolute atomic E-state index is 14.5. The summed E-state index contributed by atoms with van der Waals surface area (Å²) < 4.78 is 227. The van der Waals surface area contributed by atoms with E-state index in [0.717, 1.165) is 49.7 Å². The second-order valence-electron chi connectivity index (χ2n) is 9.39. The third-order valence-corrected chi connectivity index (χ3v) is 6.90. The third kappa shape index (κ3) is 8.28. The molecule has 0 spiro atoms. The van der Waals surface area contributed by atoms with Gasteiger partial charge in [-0.2, -0.15) is 57.1 Å². The summed E-state index contributed by atoms with van der Waals surface area (Å²) in [4.78, 5) is 18.2. The van der Waals surface area contributed by atoms with Crippen LogP contribution in [-0.4, -0.2) is 71.2 Å². The van der Waals surface area contributed by atoms with E-state index in [0.29, 0.717) is 0 Å². The van der Waals surface area contributed by atoms with Gasteiger partial charge in [-0.05, 0) is 11.1 Å². The van der Waals surface area contributed by atoms with Crippen molar-refractivity contribution in [2.45, 2.75) is 60.3 Å². The van der Waals surface area contributed by atoms with Crippen LogP contribution in [0.25, 0.3) is 0 Å². The number of hydrogen-bond acceptors (Lipinski definition) is 6. The molecular formula is C24H20F16O6P2. The van der Waals surface area contributed by atoms with Crippen molar-refractivity contribution < 1.29 is 98.6 Å². The van der Waals surface area contributed by atoms with E-state index in [9.17, 15) is 75.1 Å². The molecule has 1 aliphatic rings. The molecule has 5 atom stereocenters. The van der Waals surface area contributed by atoms with E-state index in [1.807, 2.05) is 0 Å². The topological polar surface area (TPSA) is 77.4 Å². The van der Waals surface area contributed by atoms with Crippen LogP contribution in [0.5, 0.6) is 0 Å². The van der Waals surface area contributed by atoms with Crippen LogP contribution in [0, 0.1) is 0 Å². The van der Waals surface area contributed by atoms with Gasteiger partial charge in [0.05, 0.1) is 0 Å². The maximum atomic E-state index is 14.5. The Hall–Kier alpha value is -2.06. The highest BCUT2D eigenvalue weighted by Crippen LogP contribution is 2.67. The highest BCUT2D eigenvalue weighted by atomic mass is 31.2. The Morgan fingerprint density at radius 1 is 0.625 bits per heavy atom. The first-order valence-corrected chi connectivity index (χ1v) is 15.5. The molecule has 5 unspecified atom stereocenters. The van der Waals surface area contributed by atoms with Gasteiger partial charge in [-0.15, -0.1) is 13.2 Å². The summed E-state index contributed by atoms with van der Waals surface area (Å²) in [5.41, 5.74) is -1.28. The maximum Gasteiger partial charge on any atom is 0.527 e. The van der Waals surface area contributed by atoms with Crippen LogP contribution in [0.2, 0.25) is 0 Å². The Balaban J connectivity index is 0.000000339. The van der Waals surface area contributed by atoms with Crippen LogP contribution in [0.4, 0.5) is 70.2 Å². The minimum atomic E-state index is -6.62. The minimum Gasteiger partial charge on any atom is -0.350 e. The predicted molar refractivity (Wildman–Crippen MR) is 132 cm³/mol. The number of alkyl halides is 16. The molecule has 0 bridgehead atoms. The Morgan fingerprint density at radius 2 is 1.00 bits per heavy atom. The zero-order chi connectivity index (χ0) is 37.4. The van der Waals surface area contributed by atoms with Gasteiger partial charge in [0.15, 0.2) is 29.0 Å². The van der Waals surface area contributed by atoms with E-state index >= 15 is 0 Å². The zero-order valence-electron chi connectivity index (χ0n) is 23.4. The van der Waals surface area contributed by atoms with Crippen LogP contribution < -0.4 is 0 Å². The average Bonchev–Trinajstić information content (AvgIpc) is 3.03. The first kappa shape index (κ1) is 42.1. The van der Waals surface area contributed by atoms with E-state index in [-0.39, 0.29) is 0 Å². The number of ether oxygens (including phenoxy) is 2. The molecule has 1 fully saturated rings. The second kappa shape index (κ2) is 14.3. The highest BCUT2D eigenvalue weighted by molar-refractivity contribution is 7.45. The molecule has 0 aromatic heterocycles. The molecule has 3 rings (SSSR count). The van der Waals surface area contributed by atoms with Crippen LogP contribution in [0.3, 0.4) is 0 Å². The first-order valence-electron chi connectivity index (χ1n) is 12.2. The van der Waals surface area contributed by atoms with Gasteiger partial charge in [0.25, 0.3) is 0 Å². The van der Waals surface area contributed by atoms with Gasteiger partial charge in [0, 0.05) is 13.3 Å². The number of halogens is 16. The number of benzene rings is 2. The van der Waals surface area contributed by atoms with Gasteiger partial charge in [-0.25, -0.2) is 4.74 Å². The minimum absolute atomic E-state index is 0.540. The normalized spacial score (nSPS) is 23.4. The second-order valence-corrected chi connectivity index (χ2v) is 11.7. The fourth-order valence-corrected chi connectivity index (χ4v) is 4.85. The molecule has 6 nitrogen and oxygen atoms in total. The van der Waals surface area contributed by atoms with E-state index < -0.39 is 88.2 Å². The van der Waals surface area contributed by atoms with Crippen molar-refractivity contribution in [1.82, 2.24) is 0 Å². The molecule has 2 N–H and O–H groups in total. The zero-order valence-corrected chi connectivity index (χ0v) is 25.2. The van der Waals surface area contributed by atoms with Crippen molar-refractivity contribution in [2.24, 2.45) is 0 Å². The smallest absolute Gasteiger partial charge is 0.350 e. The van der Waals surface area contributed by atoms with E-state index in [4.69, 9.17) is 4.89 Å². The van der Waals surface area contributed by atoms with E-state index in [2.05, 4.69) is 18.5 Å². The molecule has 1 saturated heterocycles. The third-order valence-electron chi connectivity index (χ3n) is 5.87. The molecule has 0 amide bonds. The van der Waals surface area contributed by atoms with Crippen LogP contribution in [-0.2, 0) is 18.5 Å². The predicted octanol–water partition coefficient (Wildman–Crippen LogP) is 9.32.